The molecule has 5 rings (SSSR count). The molecule has 1 N–H and O–H groups in total. The van der Waals surface area contributed by atoms with E-state index in [1.807, 2.05) is 0 Å². The highest BCUT2D eigenvalue weighted by atomic mass is 35.5. The Labute approximate surface area is 201 Å². The lowest BCUT2D eigenvalue weighted by atomic mass is 9.53. The van der Waals surface area contributed by atoms with Crippen LogP contribution in [0.2, 0.25) is 5.02 Å². The van der Waals surface area contributed by atoms with Crippen LogP contribution in [-0.2, 0) is 11.2 Å². The zero-order chi connectivity index (χ0) is 23.2. The molecule has 2 aromatic rings. The highest BCUT2D eigenvalue weighted by Crippen LogP contribution is 2.65. The van der Waals surface area contributed by atoms with E-state index < -0.39 is 5.95 Å². The average molecular weight is 469 g/mol. The highest BCUT2D eigenvalue weighted by Gasteiger charge is 2.56. The van der Waals surface area contributed by atoms with Gasteiger partial charge in [-0.2, -0.15) is 4.39 Å². The van der Waals surface area contributed by atoms with E-state index in [0.29, 0.717) is 23.7 Å². The molecule has 2 saturated carbocycles. The Morgan fingerprint density at radius 3 is 2.94 bits per heavy atom. The van der Waals surface area contributed by atoms with Crippen LogP contribution >= 0.6 is 11.6 Å². The van der Waals surface area contributed by atoms with E-state index >= 15 is 0 Å². The molecule has 0 radical (unpaired) electrons. The lowest BCUT2D eigenvalue weighted by molar-refractivity contribution is -0.116. The molecule has 1 heterocycles. The molecule has 1 aromatic carbocycles. The summed E-state index contributed by atoms with van der Waals surface area (Å²) in [5, 5.41) is 3.59. The van der Waals surface area contributed by atoms with Crippen molar-refractivity contribution >= 4 is 23.3 Å². The van der Waals surface area contributed by atoms with Crippen LogP contribution in [0.3, 0.4) is 0 Å². The molecule has 1 amide bonds. The minimum Gasteiger partial charge on any atom is -0.311 e. The van der Waals surface area contributed by atoms with Gasteiger partial charge in [-0.25, -0.2) is 4.98 Å². The average Bonchev–Trinajstić information content (AvgIpc) is 3.03. The Balaban J connectivity index is 1.26. The van der Waals surface area contributed by atoms with E-state index in [1.165, 1.54) is 42.9 Å². The standard InChI is InChI=1S/C28H34ClFN2O/c1-17-15-19(5-3-8-26(33)32-25-7-4-6-24(30)31-25)27-23-11-9-18-16-20(29)10-12-21(18)22(23)13-14-28(17,27)2/h4,6-7,10,12,16-17,19,22-23,27H,3,5,8-9,11,13-15H2,1-2H3,(H,31,32,33)/t17?,19-,22?,23?,27?,28-/m1/s1. The van der Waals surface area contributed by atoms with Gasteiger partial charge in [0, 0.05) is 11.4 Å². The first-order valence-corrected chi connectivity index (χ1v) is 12.9. The third kappa shape index (κ3) is 4.32. The van der Waals surface area contributed by atoms with Crippen LogP contribution in [0.15, 0.2) is 36.4 Å². The van der Waals surface area contributed by atoms with Gasteiger partial charge in [0.15, 0.2) is 0 Å². The van der Waals surface area contributed by atoms with Gasteiger partial charge in [0.25, 0.3) is 0 Å². The molecule has 2 fully saturated rings. The van der Waals surface area contributed by atoms with Gasteiger partial charge in [-0.15, -0.1) is 0 Å². The van der Waals surface area contributed by atoms with Crippen LogP contribution in [-0.4, -0.2) is 10.9 Å². The molecule has 3 aliphatic rings. The monoisotopic (exact) mass is 468 g/mol. The first-order chi connectivity index (χ1) is 15.8. The lowest BCUT2D eigenvalue weighted by Crippen LogP contribution is -2.43. The number of fused-ring (bicyclic) bond motifs is 5. The molecule has 0 bridgehead atoms. The molecule has 176 valence electrons. The van der Waals surface area contributed by atoms with Crippen molar-refractivity contribution in [3.05, 3.63) is 58.5 Å². The fourth-order valence-corrected chi connectivity index (χ4v) is 7.86. The van der Waals surface area contributed by atoms with E-state index in [1.54, 1.807) is 12.1 Å². The predicted octanol–water partition coefficient (Wildman–Crippen LogP) is 7.40. The Morgan fingerprint density at radius 1 is 1.27 bits per heavy atom. The maximum absolute atomic E-state index is 13.3. The summed E-state index contributed by atoms with van der Waals surface area (Å²) in [6.07, 6.45) is 8.66. The van der Waals surface area contributed by atoms with Crippen molar-refractivity contribution < 1.29 is 9.18 Å². The molecule has 4 unspecified atom stereocenters. The van der Waals surface area contributed by atoms with Crippen molar-refractivity contribution in [2.45, 2.75) is 71.1 Å². The summed E-state index contributed by atoms with van der Waals surface area (Å²) in [7, 11) is 0. The minimum atomic E-state index is -0.574. The van der Waals surface area contributed by atoms with Crippen molar-refractivity contribution in [2.24, 2.45) is 29.1 Å². The van der Waals surface area contributed by atoms with Crippen LogP contribution in [0, 0.1) is 35.0 Å². The number of amides is 1. The van der Waals surface area contributed by atoms with Crippen molar-refractivity contribution in [3.8, 4) is 0 Å². The molecular formula is C28H34ClFN2O. The molecule has 0 saturated heterocycles. The zero-order valence-corrected chi connectivity index (χ0v) is 20.4. The van der Waals surface area contributed by atoms with Crippen molar-refractivity contribution in [1.29, 1.82) is 0 Å². The minimum absolute atomic E-state index is 0.0769. The van der Waals surface area contributed by atoms with Crippen molar-refractivity contribution in [3.63, 3.8) is 0 Å². The third-order valence-electron chi connectivity index (χ3n) is 9.24. The summed E-state index contributed by atoms with van der Waals surface area (Å²) >= 11 is 6.29. The summed E-state index contributed by atoms with van der Waals surface area (Å²) in [4.78, 5) is 16.1. The number of pyridine rings is 1. The lowest BCUT2D eigenvalue weighted by Gasteiger charge is -2.52. The van der Waals surface area contributed by atoms with Gasteiger partial charge < -0.3 is 5.32 Å². The molecule has 0 spiro atoms. The molecule has 3 nitrogen and oxygen atoms in total. The third-order valence-corrected chi connectivity index (χ3v) is 9.47. The smallest absolute Gasteiger partial charge is 0.225 e. The van der Waals surface area contributed by atoms with E-state index in [4.69, 9.17) is 11.6 Å². The van der Waals surface area contributed by atoms with E-state index in [9.17, 15) is 9.18 Å². The van der Waals surface area contributed by atoms with E-state index in [-0.39, 0.29) is 11.7 Å². The van der Waals surface area contributed by atoms with Gasteiger partial charge >= 0.3 is 0 Å². The van der Waals surface area contributed by atoms with Crippen LogP contribution in [0.1, 0.15) is 75.8 Å². The zero-order valence-electron chi connectivity index (χ0n) is 19.6. The molecular weight excluding hydrogens is 435 g/mol. The van der Waals surface area contributed by atoms with Gasteiger partial charge in [0.1, 0.15) is 5.82 Å². The highest BCUT2D eigenvalue weighted by molar-refractivity contribution is 6.30. The number of nitrogens with one attached hydrogen (secondary N) is 1. The fourth-order valence-electron chi connectivity index (χ4n) is 7.67. The topological polar surface area (TPSA) is 42.0 Å². The van der Waals surface area contributed by atoms with Crippen LogP contribution in [0.4, 0.5) is 10.2 Å². The summed E-state index contributed by atoms with van der Waals surface area (Å²) in [5.41, 5.74) is 3.40. The maximum atomic E-state index is 13.3. The summed E-state index contributed by atoms with van der Waals surface area (Å²) in [5.74, 6) is 3.15. The molecule has 33 heavy (non-hydrogen) atoms. The number of nitrogens with zero attached hydrogens (tertiary/aromatic N) is 1. The second-order valence-corrected chi connectivity index (χ2v) is 11.3. The normalized spacial score (nSPS) is 32.5. The maximum Gasteiger partial charge on any atom is 0.225 e. The second-order valence-electron chi connectivity index (χ2n) is 10.9. The Bertz CT molecular complexity index is 1040. The molecule has 6 atom stereocenters. The van der Waals surface area contributed by atoms with Crippen LogP contribution in [0.5, 0.6) is 0 Å². The van der Waals surface area contributed by atoms with Gasteiger partial charge in [-0.3, -0.25) is 4.79 Å². The molecule has 5 heteroatoms. The fraction of sp³-hybridized carbons (Fsp3) is 0.571. The molecule has 1 aromatic heterocycles. The second kappa shape index (κ2) is 9.02. The number of benzene rings is 1. The Morgan fingerprint density at radius 2 is 2.12 bits per heavy atom. The van der Waals surface area contributed by atoms with Crippen molar-refractivity contribution in [1.82, 2.24) is 4.98 Å². The predicted molar refractivity (Wildman–Crippen MR) is 131 cm³/mol. The largest absolute Gasteiger partial charge is 0.311 e. The van der Waals surface area contributed by atoms with Crippen molar-refractivity contribution in [2.75, 3.05) is 5.32 Å². The number of anilines is 1. The number of carbonyl (C=O) groups excluding carboxylic acids is 1. The number of hydrogen-bond acceptors (Lipinski definition) is 2. The summed E-state index contributed by atoms with van der Waals surface area (Å²) < 4.78 is 13.3. The van der Waals surface area contributed by atoms with E-state index in [0.717, 1.165) is 42.0 Å². The van der Waals surface area contributed by atoms with Gasteiger partial charge in [-0.05, 0) is 115 Å². The number of rotatable bonds is 5. The number of hydrogen-bond donors (Lipinski definition) is 1. The SMILES string of the molecule is CC1C[C@@H](CCCC(=O)Nc2cccc(F)n2)C2C3CCc4cc(Cl)ccc4C3CC[C@]12C. The number of aryl methyl sites for hydroxylation is 1. The Kier molecular flexibility index (Phi) is 6.24. The summed E-state index contributed by atoms with van der Waals surface area (Å²) in [6, 6.07) is 11.0. The van der Waals surface area contributed by atoms with E-state index in [2.05, 4.69) is 42.3 Å². The number of carbonyl (C=O) groups is 1. The van der Waals surface area contributed by atoms with Crippen LogP contribution in [0.25, 0.3) is 0 Å². The van der Waals surface area contributed by atoms with Gasteiger partial charge in [-0.1, -0.05) is 37.6 Å². The number of halogens is 2. The first-order valence-electron chi connectivity index (χ1n) is 12.6. The van der Waals surface area contributed by atoms with Crippen LogP contribution < -0.4 is 5.32 Å². The Hall–Kier alpha value is -1.94. The van der Waals surface area contributed by atoms with Gasteiger partial charge in [0.05, 0.1) is 0 Å². The summed E-state index contributed by atoms with van der Waals surface area (Å²) in [6.45, 7) is 4.99. The first kappa shape index (κ1) is 22.8. The van der Waals surface area contributed by atoms with Gasteiger partial charge in [0.2, 0.25) is 11.9 Å². The quantitative estimate of drug-likeness (QED) is 0.464. The molecule has 3 aliphatic carbocycles. The number of aromatic nitrogens is 1. The molecule has 0 aliphatic heterocycles.